The third-order valence-electron chi connectivity index (χ3n) is 7.18. The number of fused-ring (bicyclic) bond motifs is 1. The molecule has 2 N–H and O–H groups in total. The van der Waals surface area contributed by atoms with E-state index in [0.29, 0.717) is 23.7 Å². The highest BCUT2D eigenvalue weighted by Gasteiger charge is 2.33. The fourth-order valence-corrected chi connectivity index (χ4v) is 5.46. The molecule has 0 amide bonds. The minimum Gasteiger partial charge on any atom is -0.390 e. The predicted molar refractivity (Wildman–Crippen MR) is 139 cm³/mol. The second kappa shape index (κ2) is 9.76. The lowest BCUT2D eigenvalue weighted by Gasteiger charge is -2.43. The number of nitrogens with zero attached hydrogens (tertiary/aromatic N) is 5. The van der Waals surface area contributed by atoms with Crippen molar-refractivity contribution >= 4 is 17.3 Å². The van der Waals surface area contributed by atoms with E-state index in [-0.39, 0.29) is 6.61 Å². The smallest absolute Gasteiger partial charge is 0.227 e. The van der Waals surface area contributed by atoms with Crippen LogP contribution in [0.4, 0.5) is 11.6 Å². The fraction of sp³-hybridized carbons (Fsp3) is 0.393. The van der Waals surface area contributed by atoms with E-state index in [9.17, 15) is 5.11 Å². The van der Waals surface area contributed by atoms with Gasteiger partial charge in [-0.05, 0) is 69.0 Å². The largest absolute Gasteiger partial charge is 0.390 e. The zero-order valence-electron chi connectivity index (χ0n) is 20.8. The summed E-state index contributed by atoms with van der Waals surface area (Å²) < 4.78 is 0. The number of pyridine rings is 1. The first-order valence-electron chi connectivity index (χ1n) is 12.4. The summed E-state index contributed by atoms with van der Waals surface area (Å²) in [5, 5.41) is 12.8. The Bertz CT molecular complexity index is 1220. The first kappa shape index (κ1) is 23.5. The molecule has 2 atom stereocenters. The van der Waals surface area contributed by atoms with Crippen molar-refractivity contribution in [2.75, 3.05) is 11.9 Å². The number of aliphatic hydroxyl groups excluding tert-OH is 1. The number of benzene rings is 1. The van der Waals surface area contributed by atoms with Gasteiger partial charge in [0.15, 0.2) is 0 Å². The molecule has 1 aromatic carbocycles. The molecule has 182 valence electrons. The van der Waals surface area contributed by atoms with Crippen molar-refractivity contribution in [3.63, 3.8) is 0 Å². The Morgan fingerprint density at radius 1 is 1.14 bits per heavy atom. The van der Waals surface area contributed by atoms with Gasteiger partial charge in [-0.25, -0.2) is 9.97 Å². The monoisotopic (exact) mass is 470 g/mol. The first-order chi connectivity index (χ1) is 16.9. The van der Waals surface area contributed by atoms with E-state index < -0.39 is 0 Å². The Hall–Kier alpha value is -3.29. The van der Waals surface area contributed by atoms with E-state index in [1.807, 2.05) is 18.3 Å². The Labute approximate surface area is 207 Å². The van der Waals surface area contributed by atoms with Crippen LogP contribution in [-0.2, 0) is 19.7 Å². The summed E-state index contributed by atoms with van der Waals surface area (Å²) in [5.74, 6) is 0.662. The number of likely N-dealkylation sites (tertiary alicyclic amines) is 1. The molecule has 0 saturated carbocycles. The lowest BCUT2D eigenvalue weighted by Crippen LogP contribution is -2.46. The molecule has 2 aliphatic rings. The van der Waals surface area contributed by atoms with Crippen LogP contribution in [0.1, 0.15) is 53.4 Å². The lowest BCUT2D eigenvalue weighted by atomic mass is 9.95. The minimum absolute atomic E-state index is 0.0565. The van der Waals surface area contributed by atoms with Gasteiger partial charge in [0.2, 0.25) is 5.95 Å². The minimum atomic E-state index is -0.0565. The second-order valence-corrected chi connectivity index (χ2v) is 9.93. The van der Waals surface area contributed by atoms with Gasteiger partial charge in [-0.2, -0.15) is 0 Å². The van der Waals surface area contributed by atoms with Gasteiger partial charge in [0.05, 0.1) is 18.0 Å². The maximum Gasteiger partial charge on any atom is 0.227 e. The molecule has 0 radical (unpaired) electrons. The number of anilines is 2. The number of rotatable bonds is 6. The predicted octanol–water partition coefficient (Wildman–Crippen LogP) is 4.56. The average Bonchev–Trinajstić information content (AvgIpc) is 3.26. The van der Waals surface area contributed by atoms with Crippen LogP contribution >= 0.6 is 0 Å². The van der Waals surface area contributed by atoms with Crippen molar-refractivity contribution in [3.8, 4) is 0 Å². The molecule has 0 spiro atoms. The molecule has 3 aromatic rings. The molecule has 0 aliphatic carbocycles. The Balaban J connectivity index is 1.22. The SMILES string of the molecule is C=C(c1ccnc(CO)c1)N1CC[C@@H](N2Cc3cnc(Nc4cc(C)cc(C)c4)nc3C2)C[C@H]1C. The van der Waals surface area contributed by atoms with Crippen molar-refractivity contribution in [2.24, 2.45) is 0 Å². The van der Waals surface area contributed by atoms with Gasteiger partial charge >= 0.3 is 0 Å². The van der Waals surface area contributed by atoms with E-state index in [4.69, 9.17) is 4.98 Å². The number of aryl methyl sites for hydroxylation is 2. The molecule has 1 saturated heterocycles. The third-order valence-corrected chi connectivity index (χ3v) is 7.18. The van der Waals surface area contributed by atoms with Gasteiger partial charge in [-0.1, -0.05) is 12.6 Å². The topological polar surface area (TPSA) is 77.4 Å². The third kappa shape index (κ3) is 5.06. The summed E-state index contributed by atoms with van der Waals surface area (Å²) in [6, 6.07) is 11.2. The number of hydrogen-bond donors (Lipinski definition) is 2. The van der Waals surface area contributed by atoms with Crippen LogP contribution in [0.15, 0.2) is 49.3 Å². The van der Waals surface area contributed by atoms with Crippen LogP contribution in [0.3, 0.4) is 0 Å². The van der Waals surface area contributed by atoms with Gasteiger partial charge in [0.25, 0.3) is 0 Å². The second-order valence-electron chi connectivity index (χ2n) is 9.93. The number of aromatic nitrogens is 3. The molecular weight excluding hydrogens is 436 g/mol. The molecule has 7 nitrogen and oxygen atoms in total. The quantitative estimate of drug-likeness (QED) is 0.547. The molecule has 2 aromatic heterocycles. The highest BCUT2D eigenvalue weighted by atomic mass is 16.3. The van der Waals surface area contributed by atoms with Gasteiger partial charge in [0.1, 0.15) is 0 Å². The normalized spacial score (nSPS) is 20.1. The zero-order chi connectivity index (χ0) is 24.5. The van der Waals surface area contributed by atoms with Crippen LogP contribution in [0.2, 0.25) is 0 Å². The first-order valence-corrected chi connectivity index (χ1v) is 12.4. The molecule has 0 bridgehead atoms. The van der Waals surface area contributed by atoms with E-state index in [1.54, 1.807) is 6.20 Å². The molecule has 2 aliphatic heterocycles. The van der Waals surface area contributed by atoms with Gasteiger partial charge in [0, 0.05) is 66.6 Å². The summed E-state index contributed by atoms with van der Waals surface area (Å²) in [4.78, 5) is 18.6. The summed E-state index contributed by atoms with van der Waals surface area (Å²) in [6.45, 7) is 13.5. The summed E-state index contributed by atoms with van der Waals surface area (Å²) in [6.07, 6.45) is 5.88. The Morgan fingerprint density at radius 2 is 1.94 bits per heavy atom. The molecule has 4 heterocycles. The van der Waals surface area contributed by atoms with Crippen molar-refractivity contribution in [3.05, 3.63) is 82.9 Å². The van der Waals surface area contributed by atoms with Crippen LogP contribution < -0.4 is 5.32 Å². The van der Waals surface area contributed by atoms with Crippen molar-refractivity contribution in [2.45, 2.75) is 65.4 Å². The number of piperidine rings is 1. The Kier molecular flexibility index (Phi) is 6.54. The highest BCUT2D eigenvalue weighted by Crippen LogP contribution is 2.33. The van der Waals surface area contributed by atoms with Gasteiger partial charge in [-0.3, -0.25) is 9.88 Å². The molecular formula is C28H34N6O. The molecule has 7 heteroatoms. The molecule has 1 fully saturated rings. The average molecular weight is 471 g/mol. The summed E-state index contributed by atoms with van der Waals surface area (Å²) >= 11 is 0. The molecule has 35 heavy (non-hydrogen) atoms. The van der Waals surface area contributed by atoms with E-state index >= 15 is 0 Å². The van der Waals surface area contributed by atoms with E-state index in [0.717, 1.165) is 55.1 Å². The van der Waals surface area contributed by atoms with Crippen molar-refractivity contribution < 1.29 is 5.11 Å². The Morgan fingerprint density at radius 3 is 2.69 bits per heavy atom. The number of aliphatic hydroxyl groups is 1. The van der Waals surface area contributed by atoms with Gasteiger partial charge in [-0.15, -0.1) is 0 Å². The lowest BCUT2D eigenvalue weighted by molar-refractivity contribution is 0.102. The number of hydrogen-bond acceptors (Lipinski definition) is 7. The maximum absolute atomic E-state index is 9.42. The highest BCUT2D eigenvalue weighted by molar-refractivity contribution is 5.62. The van der Waals surface area contributed by atoms with Crippen molar-refractivity contribution in [1.82, 2.24) is 24.8 Å². The zero-order valence-corrected chi connectivity index (χ0v) is 20.8. The van der Waals surface area contributed by atoms with E-state index in [2.05, 4.69) is 70.6 Å². The summed E-state index contributed by atoms with van der Waals surface area (Å²) in [5.41, 5.74) is 8.53. The van der Waals surface area contributed by atoms with Gasteiger partial charge < -0.3 is 15.3 Å². The van der Waals surface area contributed by atoms with Crippen LogP contribution in [0.5, 0.6) is 0 Å². The van der Waals surface area contributed by atoms with Crippen LogP contribution in [-0.4, -0.2) is 48.5 Å². The molecule has 5 rings (SSSR count). The summed E-state index contributed by atoms with van der Waals surface area (Å²) in [7, 11) is 0. The van der Waals surface area contributed by atoms with E-state index in [1.165, 1.54) is 16.7 Å². The van der Waals surface area contributed by atoms with Crippen LogP contribution in [0.25, 0.3) is 5.70 Å². The van der Waals surface area contributed by atoms with Crippen LogP contribution in [0, 0.1) is 13.8 Å². The van der Waals surface area contributed by atoms with Crippen molar-refractivity contribution in [1.29, 1.82) is 0 Å². The number of nitrogens with one attached hydrogen (secondary N) is 1. The fourth-order valence-electron chi connectivity index (χ4n) is 5.46. The standard InChI is InChI=1S/C28H34N6O/c1-18-9-19(2)11-24(10-18)31-28-30-14-23-15-33(16-27(23)32-28)26-6-8-34(20(3)12-26)21(4)22-5-7-29-25(13-22)17-35/h5,7,9-11,13-14,20,26,35H,4,6,8,12,15-17H2,1-3H3,(H,30,31,32)/t20-,26-/m1/s1. The maximum atomic E-state index is 9.42. The molecule has 0 unspecified atom stereocenters.